The summed E-state index contributed by atoms with van der Waals surface area (Å²) in [5.41, 5.74) is 1.08. The van der Waals surface area contributed by atoms with Crippen molar-refractivity contribution in [2.45, 2.75) is 25.4 Å². The van der Waals surface area contributed by atoms with Crippen molar-refractivity contribution in [1.29, 1.82) is 0 Å². The Kier molecular flexibility index (Phi) is 4.91. The lowest BCUT2D eigenvalue weighted by Crippen LogP contribution is -2.48. The molecule has 2 amide bonds. The van der Waals surface area contributed by atoms with Crippen LogP contribution >= 0.6 is 0 Å². The maximum atomic E-state index is 12.5. The van der Waals surface area contributed by atoms with Crippen LogP contribution in [-0.4, -0.2) is 66.0 Å². The molecule has 6 heteroatoms. The molecule has 0 unspecified atom stereocenters. The largest absolute Gasteiger partial charge is 0.368 e. The third-order valence-corrected chi connectivity index (χ3v) is 4.72. The molecule has 124 valence electrons. The Morgan fingerprint density at radius 1 is 1.43 bits per heavy atom. The molecule has 3 rings (SSSR count). The zero-order chi connectivity index (χ0) is 16.2. The monoisotopic (exact) mass is 317 g/mol. The molecule has 0 radical (unpaired) electrons. The second-order valence-electron chi connectivity index (χ2n) is 6.37. The van der Waals surface area contributed by atoms with E-state index in [0.29, 0.717) is 32.5 Å². The van der Waals surface area contributed by atoms with Crippen LogP contribution in [0.3, 0.4) is 0 Å². The molecule has 0 saturated carbocycles. The van der Waals surface area contributed by atoms with E-state index >= 15 is 0 Å². The van der Waals surface area contributed by atoms with Gasteiger partial charge in [0.25, 0.3) is 0 Å². The van der Waals surface area contributed by atoms with Gasteiger partial charge in [0.05, 0.1) is 6.10 Å². The van der Waals surface area contributed by atoms with Crippen LogP contribution in [0.4, 0.5) is 0 Å². The molecule has 2 saturated heterocycles. The number of piperidine rings is 1. The van der Waals surface area contributed by atoms with Crippen molar-refractivity contribution in [1.82, 2.24) is 14.8 Å². The molecule has 6 nitrogen and oxygen atoms in total. The molecular weight excluding hydrogens is 294 g/mol. The Hall–Kier alpha value is -1.95. The number of amides is 2. The topological polar surface area (TPSA) is 62.7 Å². The molecule has 0 aliphatic carbocycles. The van der Waals surface area contributed by atoms with E-state index in [0.717, 1.165) is 12.0 Å². The number of aryl methyl sites for hydroxylation is 1. The molecule has 1 aromatic heterocycles. The Balaban J connectivity index is 1.55. The average Bonchev–Trinajstić information content (AvgIpc) is 2.72. The SMILES string of the molecule is CN1C[C@H]2CN(C(=O)CCc3cccnc3)CC[C@@H]2OCC1=O. The quantitative estimate of drug-likeness (QED) is 0.824. The van der Waals surface area contributed by atoms with Gasteiger partial charge in [-0.2, -0.15) is 0 Å². The molecule has 2 fully saturated rings. The number of rotatable bonds is 3. The Labute approximate surface area is 136 Å². The number of hydrogen-bond donors (Lipinski definition) is 0. The van der Waals surface area contributed by atoms with E-state index < -0.39 is 0 Å². The van der Waals surface area contributed by atoms with Gasteiger partial charge in [0.15, 0.2) is 0 Å². The highest BCUT2D eigenvalue weighted by Gasteiger charge is 2.35. The predicted molar refractivity (Wildman–Crippen MR) is 84.6 cm³/mol. The van der Waals surface area contributed by atoms with Crippen LogP contribution in [0.1, 0.15) is 18.4 Å². The summed E-state index contributed by atoms with van der Waals surface area (Å²) >= 11 is 0. The fourth-order valence-electron chi connectivity index (χ4n) is 3.33. The first-order chi connectivity index (χ1) is 11.1. The molecular formula is C17H23N3O3. The van der Waals surface area contributed by atoms with E-state index in [9.17, 15) is 9.59 Å². The maximum absolute atomic E-state index is 12.5. The fourth-order valence-corrected chi connectivity index (χ4v) is 3.33. The summed E-state index contributed by atoms with van der Waals surface area (Å²) in [4.78, 5) is 31.9. The number of aromatic nitrogens is 1. The highest BCUT2D eigenvalue weighted by molar-refractivity contribution is 5.78. The highest BCUT2D eigenvalue weighted by Crippen LogP contribution is 2.24. The van der Waals surface area contributed by atoms with Crippen LogP contribution < -0.4 is 0 Å². The average molecular weight is 317 g/mol. The van der Waals surface area contributed by atoms with E-state index in [1.165, 1.54) is 0 Å². The minimum atomic E-state index is 0.0221. The normalized spacial score (nSPS) is 25.0. The van der Waals surface area contributed by atoms with Crippen molar-refractivity contribution in [2.75, 3.05) is 33.3 Å². The molecule has 1 aromatic rings. The van der Waals surface area contributed by atoms with E-state index in [2.05, 4.69) is 4.98 Å². The molecule has 2 aliphatic rings. The molecule has 3 heterocycles. The summed E-state index contributed by atoms with van der Waals surface area (Å²) in [6.07, 6.45) is 5.65. The van der Waals surface area contributed by atoms with Gasteiger partial charge in [-0.15, -0.1) is 0 Å². The second kappa shape index (κ2) is 7.08. The summed E-state index contributed by atoms with van der Waals surface area (Å²) in [5.74, 6) is 0.405. The van der Waals surface area contributed by atoms with Gasteiger partial charge < -0.3 is 14.5 Å². The summed E-state index contributed by atoms with van der Waals surface area (Å²) in [5, 5.41) is 0. The number of fused-ring (bicyclic) bond motifs is 1. The van der Waals surface area contributed by atoms with Crippen molar-refractivity contribution < 1.29 is 14.3 Å². The fraction of sp³-hybridized carbons (Fsp3) is 0.588. The van der Waals surface area contributed by atoms with Crippen LogP contribution in [0.15, 0.2) is 24.5 Å². The number of ether oxygens (including phenoxy) is 1. The van der Waals surface area contributed by atoms with Gasteiger partial charge in [-0.05, 0) is 24.5 Å². The molecule has 2 atom stereocenters. The molecule has 0 bridgehead atoms. The van der Waals surface area contributed by atoms with E-state index in [-0.39, 0.29) is 30.4 Å². The van der Waals surface area contributed by atoms with E-state index in [4.69, 9.17) is 4.74 Å². The van der Waals surface area contributed by atoms with Gasteiger partial charge in [0.2, 0.25) is 11.8 Å². The van der Waals surface area contributed by atoms with Crippen LogP contribution in [0, 0.1) is 5.92 Å². The van der Waals surface area contributed by atoms with Gasteiger partial charge >= 0.3 is 0 Å². The van der Waals surface area contributed by atoms with Crippen LogP contribution in [0.25, 0.3) is 0 Å². The number of carbonyl (C=O) groups excluding carboxylic acids is 2. The van der Waals surface area contributed by atoms with Crippen LogP contribution in [-0.2, 0) is 20.7 Å². The molecule has 0 spiro atoms. The van der Waals surface area contributed by atoms with E-state index in [1.54, 1.807) is 24.3 Å². The van der Waals surface area contributed by atoms with Gasteiger partial charge in [-0.1, -0.05) is 6.07 Å². The van der Waals surface area contributed by atoms with Gasteiger partial charge in [-0.25, -0.2) is 0 Å². The number of pyridine rings is 1. The zero-order valence-corrected chi connectivity index (χ0v) is 13.5. The Morgan fingerprint density at radius 3 is 3.09 bits per heavy atom. The number of likely N-dealkylation sites (tertiary alicyclic amines) is 1. The Morgan fingerprint density at radius 2 is 2.30 bits per heavy atom. The number of hydrogen-bond acceptors (Lipinski definition) is 4. The van der Waals surface area contributed by atoms with Gasteiger partial charge in [0.1, 0.15) is 6.61 Å². The van der Waals surface area contributed by atoms with Crippen molar-refractivity contribution >= 4 is 11.8 Å². The van der Waals surface area contributed by atoms with Crippen molar-refractivity contribution in [2.24, 2.45) is 5.92 Å². The van der Waals surface area contributed by atoms with Crippen molar-refractivity contribution in [3.63, 3.8) is 0 Å². The molecule has 0 aromatic carbocycles. The predicted octanol–water partition coefficient (Wildman–Crippen LogP) is 0.720. The number of carbonyl (C=O) groups is 2. The third kappa shape index (κ3) is 3.88. The summed E-state index contributed by atoms with van der Waals surface area (Å²) < 4.78 is 5.71. The standard InChI is InChI=1S/C17H23N3O3/c1-19-10-14-11-20(8-6-15(14)23-12-17(19)22)16(21)5-4-13-3-2-7-18-9-13/h2-3,7,9,14-15H,4-6,8,10-12H2,1H3/t14-,15-/m0/s1. The van der Waals surface area contributed by atoms with E-state index in [1.807, 2.05) is 17.0 Å². The smallest absolute Gasteiger partial charge is 0.248 e. The minimum Gasteiger partial charge on any atom is -0.368 e. The maximum Gasteiger partial charge on any atom is 0.248 e. The molecule has 0 N–H and O–H groups in total. The molecule has 2 aliphatic heterocycles. The highest BCUT2D eigenvalue weighted by atomic mass is 16.5. The lowest BCUT2D eigenvalue weighted by Gasteiger charge is -2.37. The van der Waals surface area contributed by atoms with Crippen LogP contribution in [0.5, 0.6) is 0 Å². The first-order valence-corrected chi connectivity index (χ1v) is 8.15. The first kappa shape index (κ1) is 15.9. The second-order valence-corrected chi connectivity index (χ2v) is 6.37. The van der Waals surface area contributed by atoms with Crippen molar-refractivity contribution in [3.05, 3.63) is 30.1 Å². The lowest BCUT2D eigenvalue weighted by atomic mass is 9.94. The summed E-state index contributed by atoms with van der Waals surface area (Å²) in [7, 11) is 1.80. The zero-order valence-electron chi connectivity index (χ0n) is 13.5. The van der Waals surface area contributed by atoms with Crippen LogP contribution in [0.2, 0.25) is 0 Å². The minimum absolute atomic E-state index is 0.0221. The number of likely N-dealkylation sites (N-methyl/N-ethyl adjacent to an activating group) is 1. The first-order valence-electron chi connectivity index (χ1n) is 8.15. The van der Waals surface area contributed by atoms with Gasteiger partial charge in [0, 0.05) is 51.4 Å². The van der Waals surface area contributed by atoms with Crippen molar-refractivity contribution in [3.8, 4) is 0 Å². The summed E-state index contributed by atoms with van der Waals surface area (Å²) in [6.45, 7) is 2.21. The Bertz CT molecular complexity index is 563. The lowest BCUT2D eigenvalue weighted by molar-refractivity contribution is -0.137. The van der Waals surface area contributed by atoms with Gasteiger partial charge in [-0.3, -0.25) is 14.6 Å². The summed E-state index contributed by atoms with van der Waals surface area (Å²) in [6, 6.07) is 3.88. The third-order valence-electron chi connectivity index (χ3n) is 4.72. The molecule has 23 heavy (non-hydrogen) atoms. The number of nitrogens with zero attached hydrogens (tertiary/aromatic N) is 3.